The lowest BCUT2D eigenvalue weighted by molar-refractivity contribution is 0.0383. The fourth-order valence-corrected chi connectivity index (χ4v) is 3.85. The van der Waals surface area contributed by atoms with E-state index in [-0.39, 0.29) is 11.9 Å². The van der Waals surface area contributed by atoms with E-state index in [1.165, 1.54) is 5.56 Å². The Kier molecular flexibility index (Phi) is 6.71. The molecule has 2 N–H and O–H groups in total. The standard InChI is InChI=1S/C22H29N5O2/c28-22(25-8-10-26-12-14-29-15-13-26)19-6-7-24-21(16-19)27-11-9-23-20(17-27)18-4-2-1-3-5-18/h1-7,16,20,23H,8-15,17H2,(H,25,28)/t20-/m0/s1. The Balaban J connectivity index is 1.34. The van der Waals surface area contributed by atoms with Crippen molar-refractivity contribution in [2.75, 3.05) is 63.9 Å². The van der Waals surface area contributed by atoms with Crippen LogP contribution in [-0.4, -0.2) is 74.8 Å². The van der Waals surface area contributed by atoms with Gasteiger partial charge < -0.3 is 20.3 Å². The lowest BCUT2D eigenvalue weighted by atomic mass is 10.0. The summed E-state index contributed by atoms with van der Waals surface area (Å²) in [5, 5.41) is 6.60. The van der Waals surface area contributed by atoms with E-state index in [1.807, 2.05) is 12.1 Å². The van der Waals surface area contributed by atoms with Crippen molar-refractivity contribution in [2.45, 2.75) is 6.04 Å². The minimum atomic E-state index is -0.0448. The van der Waals surface area contributed by atoms with Crippen molar-refractivity contribution in [3.63, 3.8) is 0 Å². The number of anilines is 1. The maximum absolute atomic E-state index is 12.6. The first-order chi connectivity index (χ1) is 14.3. The van der Waals surface area contributed by atoms with E-state index in [9.17, 15) is 4.79 Å². The highest BCUT2D eigenvalue weighted by atomic mass is 16.5. The number of rotatable bonds is 6. The topological polar surface area (TPSA) is 69.7 Å². The summed E-state index contributed by atoms with van der Waals surface area (Å²) in [7, 11) is 0. The van der Waals surface area contributed by atoms with Gasteiger partial charge in [-0.25, -0.2) is 4.98 Å². The van der Waals surface area contributed by atoms with Crippen molar-refractivity contribution in [1.82, 2.24) is 20.5 Å². The molecule has 4 rings (SSSR count). The maximum atomic E-state index is 12.6. The molecule has 2 aliphatic heterocycles. The molecule has 2 aromatic rings. The SMILES string of the molecule is O=C(NCCN1CCOCC1)c1ccnc(N2CCN[C@H](c3ccccc3)C2)c1. The van der Waals surface area contributed by atoms with E-state index in [4.69, 9.17) is 4.74 Å². The van der Waals surface area contributed by atoms with Gasteiger partial charge in [-0.1, -0.05) is 30.3 Å². The zero-order valence-electron chi connectivity index (χ0n) is 16.7. The summed E-state index contributed by atoms with van der Waals surface area (Å²) in [6.45, 7) is 7.49. The number of carbonyl (C=O) groups is 1. The average Bonchev–Trinajstić information content (AvgIpc) is 2.80. The Morgan fingerprint density at radius 1 is 1.17 bits per heavy atom. The number of benzene rings is 1. The molecule has 0 saturated carbocycles. The van der Waals surface area contributed by atoms with Gasteiger partial charge in [0.05, 0.1) is 13.2 Å². The molecule has 7 nitrogen and oxygen atoms in total. The van der Waals surface area contributed by atoms with E-state index in [0.29, 0.717) is 12.1 Å². The van der Waals surface area contributed by atoms with Gasteiger partial charge in [0, 0.05) is 63.6 Å². The summed E-state index contributed by atoms with van der Waals surface area (Å²) in [6, 6.07) is 14.4. The number of nitrogens with zero attached hydrogens (tertiary/aromatic N) is 3. The molecule has 1 atom stereocenters. The minimum Gasteiger partial charge on any atom is -0.379 e. The molecule has 29 heavy (non-hydrogen) atoms. The number of aromatic nitrogens is 1. The van der Waals surface area contributed by atoms with Crippen LogP contribution in [0.2, 0.25) is 0 Å². The van der Waals surface area contributed by atoms with Crippen LogP contribution in [0.1, 0.15) is 22.0 Å². The van der Waals surface area contributed by atoms with Gasteiger partial charge in [0.25, 0.3) is 5.91 Å². The third-order valence-electron chi connectivity index (χ3n) is 5.53. The van der Waals surface area contributed by atoms with Crippen LogP contribution in [0.5, 0.6) is 0 Å². The lowest BCUT2D eigenvalue weighted by Crippen LogP contribution is -2.46. The van der Waals surface area contributed by atoms with E-state index in [1.54, 1.807) is 12.3 Å². The Hall–Kier alpha value is -2.48. The second kappa shape index (κ2) is 9.82. The van der Waals surface area contributed by atoms with Crippen molar-refractivity contribution in [3.05, 3.63) is 59.8 Å². The molecule has 7 heteroatoms. The molecular formula is C22H29N5O2. The number of ether oxygens (including phenoxy) is 1. The highest BCUT2D eigenvalue weighted by Crippen LogP contribution is 2.21. The lowest BCUT2D eigenvalue weighted by Gasteiger charge is -2.35. The van der Waals surface area contributed by atoms with Crippen LogP contribution in [0.15, 0.2) is 48.7 Å². The number of morpholine rings is 1. The third kappa shape index (κ3) is 5.32. The van der Waals surface area contributed by atoms with Gasteiger partial charge in [0.1, 0.15) is 5.82 Å². The molecule has 0 aliphatic carbocycles. The molecule has 1 amide bonds. The van der Waals surface area contributed by atoms with Crippen molar-refractivity contribution >= 4 is 11.7 Å². The van der Waals surface area contributed by atoms with Crippen LogP contribution in [0.3, 0.4) is 0 Å². The molecule has 2 fully saturated rings. The largest absolute Gasteiger partial charge is 0.379 e. The second-order valence-corrected chi connectivity index (χ2v) is 7.48. The number of pyridine rings is 1. The smallest absolute Gasteiger partial charge is 0.251 e. The van der Waals surface area contributed by atoms with Gasteiger partial charge in [-0.05, 0) is 17.7 Å². The van der Waals surface area contributed by atoms with Gasteiger partial charge in [-0.3, -0.25) is 9.69 Å². The van der Waals surface area contributed by atoms with Gasteiger partial charge in [0.15, 0.2) is 0 Å². The minimum absolute atomic E-state index is 0.0448. The second-order valence-electron chi connectivity index (χ2n) is 7.48. The van der Waals surface area contributed by atoms with Crippen molar-refractivity contribution in [2.24, 2.45) is 0 Å². The van der Waals surface area contributed by atoms with Gasteiger partial charge in [-0.15, -0.1) is 0 Å². The van der Waals surface area contributed by atoms with E-state index >= 15 is 0 Å². The summed E-state index contributed by atoms with van der Waals surface area (Å²) in [4.78, 5) is 21.7. The van der Waals surface area contributed by atoms with Gasteiger partial charge in [0.2, 0.25) is 0 Å². The molecule has 2 aliphatic rings. The number of hydrogen-bond acceptors (Lipinski definition) is 6. The molecule has 2 saturated heterocycles. The first-order valence-electron chi connectivity index (χ1n) is 10.4. The normalized spacial score (nSPS) is 20.4. The number of carbonyl (C=O) groups excluding carboxylic acids is 1. The maximum Gasteiger partial charge on any atom is 0.251 e. The summed E-state index contributed by atoms with van der Waals surface area (Å²) < 4.78 is 5.36. The van der Waals surface area contributed by atoms with Gasteiger partial charge >= 0.3 is 0 Å². The zero-order valence-corrected chi connectivity index (χ0v) is 16.7. The molecule has 154 valence electrons. The number of piperazine rings is 1. The first kappa shape index (κ1) is 19.8. The first-order valence-corrected chi connectivity index (χ1v) is 10.4. The van der Waals surface area contributed by atoms with E-state index in [0.717, 1.165) is 58.3 Å². The number of nitrogens with one attached hydrogen (secondary N) is 2. The highest BCUT2D eigenvalue weighted by molar-refractivity contribution is 5.94. The Labute approximate surface area is 172 Å². The molecule has 3 heterocycles. The van der Waals surface area contributed by atoms with Crippen molar-refractivity contribution < 1.29 is 9.53 Å². The summed E-state index contributed by atoms with van der Waals surface area (Å²) in [6.07, 6.45) is 1.73. The Morgan fingerprint density at radius 3 is 2.83 bits per heavy atom. The molecule has 0 bridgehead atoms. The summed E-state index contributed by atoms with van der Waals surface area (Å²) in [5.74, 6) is 0.810. The van der Waals surface area contributed by atoms with E-state index < -0.39 is 0 Å². The van der Waals surface area contributed by atoms with Gasteiger partial charge in [-0.2, -0.15) is 0 Å². The molecule has 1 aromatic carbocycles. The zero-order chi connectivity index (χ0) is 19.9. The van der Waals surface area contributed by atoms with Crippen LogP contribution < -0.4 is 15.5 Å². The van der Waals surface area contributed by atoms with E-state index in [2.05, 4.69) is 49.7 Å². The van der Waals surface area contributed by atoms with Crippen LogP contribution in [-0.2, 0) is 4.74 Å². The fourth-order valence-electron chi connectivity index (χ4n) is 3.85. The predicted molar refractivity (Wildman–Crippen MR) is 113 cm³/mol. The number of hydrogen-bond donors (Lipinski definition) is 2. The third-order valence-corrected chi connectivity index (χ3v) is 5.53. The summed E-state index contributed by atoms with van der Waals surface area (Å²) >= 11 is 0. The monoisotopic (exact) mass is 395 g/mol. The highest BCUT2D eigenvalue weighted by Gasteiger charge is 2.22. The Bertz CT molecular complexity index is 795. The Morgan fingerprint density at radius 2 is 2.00 bits per heavy atom. The van der Waals surface area contributed by atoms with Crippen LogP contribution in [0, 0.1) is 0 Å². The van der Waals surface area contributed by atoms with Crippen molar-refractivity contribution in [1.29, 1.82) is 0 Å². The molecule has 0 unspecified atom stereocenters. The quantitative estimate of drug-likeness (QED) is 0.768. The molecule has 0 spiro atoms. The molecule has 1 aromatic heterocycles. The number of amides is 1. The molecular weight excluding hydrogens is 366 g/mol. The molecule has 0 radical (unpaired) electrons. The average molecular weight is 396 g/mol. The predicted octanol–water partition coefficient (Wildman–Crippen LogP) is 1.29. The van der Waals surface area contributed by atoms with Crippen LogP contribution >= 0.6 is 0 Å². The van der Waals surface area contributed by atoms with Crippen LogP contribution in [0.25, 0.3) is 0 Å². The van der Waals surface area contributed by atoms with Crippen LogP contribution in [0.4, 0.5) is 5.82 Å². The summed E-state index contributed by atoms with van der Waals surface area (Å²) in [5.41, 5.74) is 1.93. The fraction of sp³-hybridized carbons (Fsp3) is 0.455. The van der Waals surface area contributed by atoms with Crippen molar-refractivity contribution in [3.8, 4) is 0 Å².